The molecule has 1 aromatic heterocycles. The molecule has 2 unspecified atom stereocenters. The molecule has 2 amide bonds. The number of aryl methyl sites for hydroxylation is 1. The number of urea groups is 1. The molecule has 4 atom stereocenters. The summed E-state index contributed by atoms with van der Waals surface area (Å²) in [5.74, 6) is -10.00. The number of benzene rings is 1. The van der Waals surface area contributed by atoms with Crippen LogP contribution in [0.3, 0.4) is 0 Å². The van der Waals surface area contributed by atoms with Crippen molar-refractivity contribution in [1.29, 1.82) is 0 Å². The number of ketones is 1. The van der Waals surface area contributed by atoms with E-state index in [1.54, 1.807) is 19.6 Å². The molecule has 2 aliphatic rings. The predicted molar refractivity (Wildman–Crippen MR) is 278 cm³/mol. The van der Waals surface area contributed by atoms with Gasteiger partial charge in [-0.05, 0) is 62.5 Å². The van der Waals surface area contributed by atoms with Crippen LogP contribution in [0.2, 0.25) is 0 Å². The monoisotopic (exact) mass is 1290 g/mol. The first kappa shape index (κ1) is 68.1. The van der Waals surface area contributed by atoms with Gasteiger partial charge in [0.15, 0.2) is 0 Å². The third-order valence-corrected chi connectivity index (χ3v) is 13.6. The molecular formula is C51H74LuN10O18. The number of amides is 2. The number of Topliss-reactive ketones (excluding diaryl/α,β-unsaturated/α-hetero) is 1. The molecule has 3 heterocycles. The minimum absolute atomic E-state index is 0. The quantitative estimate of drug-likeness (QED) is 0.0447. The van der Waals surface area contributed by atoms with Gasteiger partial charge in [0.05, 0.1) is 32.1 Å². The van der Waals surface area contributed by atoms with Crippen molar-refractivity contribution < 1.29 is 126 Å². The summed E-state index contributed by atoms with van der Waals surface area (Å²) in [5, 5.41) is 80.8. The molecule has 4 rings (SSSR count). The largest absolute Gasteiger partial charge is 0.481 e. The van der Waals surface area contributed by atoms with Crippen molar-refractivity contribution in [2.75, 3.05) is 90.0 Å². The molecule has 0 spiro atoms. The first-order chi connectivity index (χ1) is 37.5. The van der Waals surface area contributed by atoms with Crippen molar-refractivity contribution >= 4 is 65.5 Å². The number of piperidine rings is 1. The molecule has 1 aromatic carbocycles. The SMILES string of the molecule is O=C(O)CC[C@H](NC(=O)N[C@@H](CCC(=O)CC(CCCCCc1nc(Cc2ccc(CC3CN(CC(=O)O)CCN(CC(=O)O)CCN(CC(=O)O)CCN3CC(=O)O)cc2)nc(N2CCCCC2)n1)C(=O)O)C(=O)O)C(=O)O.[Lu]. The van der Waals surface area contributed by atoms with E-state index in [4.69, 9.17) is 20.1 Å². The summed E-state index contributed by atoms with van der Waals surface area (Å²) in [6, 6.07) is 2.61. The number of carbonyl (C=O) groups excluding carboxylic acids is 2. The molecule has 0 saturated carbocycles. The molecule has 2 saturated heterocycles. The zero-order valence-electron chi connectivity index (χ0n) is 44.4. The van der Waals surface area contributed by atoms with E-state index in [1.165, 1.54) is 0 Å². The number of nitrogens with zero attached hydrogens (tertiary/aromatic N) is 8. The van der Waals surface area contributed by atoms with Gasteiger partial charge in [0.2, 0.25) is 5.95 Å². The van der Waals surface area contributed by atoms with Crippen molar-refractivity contribution in [1.82, 2.24) is 45.2 Å². The zero-order chi connectivity index (χ0) is 58.0. The minimum atomic E-state index is -1.63. The number of carbonyl (C=O) groups is 10. The molecule has 2 aliphatic heterocycles. The zero-order valence-corrected chi connectivity index (χ0v) is 46.1. The molecular weight excluding hydrogens is 1220 g/mol. The normalized spacial score (nSPS) is 17.2. The minimum Gasteiger partial charge on any atom is -0.481 e. The number of hydrogen-bond acceptors (Lipinski definition) is 18. The van der Waals surface area contributed by atoms with Gasteiger partial charge in [-0.15, -0.1) is 0 Å². The van der Waals surface area contributed by atoms with Crippen LogP contribution in [-0.2, 0) is 62.4 Å². The molecule has 451 valence electrons. The number of hydrogen-bond donors (Lipinski definition) is 10. The second-order valence-corrected chi connectivity index (χ2v) is 19.9. The van der Waals surface area contributed by atoms with E-state index in [0.29, 0.717) is 56.1 Å². The second kappa shape index (κ2) is 35.5. The summed E-state index contributed by atoms with van der Waals surface area (Å²) in [6.07, 6.45) is 3.56. The molecule has 80 heavy (non-hydrogen) atoms. The first-order valence-electron chi connectivity index (χ1n) is 26.4. The van der Waals surface area contributed by atoms with E-state index in [0.717, 1.165) is 43.5 Å². The van der Waals surface area contributed by atoms with E-state index >= 15 is 0 Å². The van der Waals surface area contributed by atoms with E-state index in [9.17, 15) is 83.7 Å². The Morgan fingerprint density at radius 3 is 1.57 bits per heavy atom. The molecule has 0 aliphatic carbocycles. The number of anilines is 1. The maximum Gasteiger partial charge on any atom is 0.326 e. The average Bonchev–Trinajstić information content (AvgIpc) is 3.37. The number of aliphatic carboxylic acids is 8. The molecule has 1 radical (unpaired) electrons. The fourth-order valence-electron chi connectivity index (χ4n) is 9.47. The van der Waals surface area contributed by atoms with Crippen molar-refractivity contribution in [3.05, 3.63) is 47.0 Å². The Bertz CT molecular complexity index is 2420. The van der Waals surface area contributed by atoms with E-state index < -0.39 is 116 Å². The number of carboxylic acid groups (broad SMARTS) is 8. The Morgan fingerprint density at radius 1 is 0.525 bits per heavy atom. The van der Waals surface area contributed by atoms with Crippen LogP contribution in [-0.4, -0.2) is 238 Å². The van der Waals surface area contributed by atoms with E-state index in [-0.39, 0.29) is 115 Å². The van der Waals surface area contributed by atoms with Gasteiger partial charge in [-0.1, -0.05) is 37.1 Å². The molecule has 10 N–H and O–H groups in total. The molecule has 29 heteroatoms. The standard InChI is InChI=1S/C51H74N10O18.Lu/c62-37(13-14-38(48(75)76)52-51(79)53-39(49(77)78)15-16-42(63)64)27-35(47(73)74)7-3-1-4-8-40-54-41(56-50(55-40)60-17-5-2-6-18-60)26-34-11-9-33(10-12-34)25-36-28-59(31-45(69)70)22-21-57(29-43(65)66)19-20-58(30-44(67)68)23-24-61(36)32-46(71)72;/h9-12,35-36,38-39H,1-8,13-32H2,(H,63,64)(H,65,66)(H,67,68)(H,69,70)(H,71,72)(H,73,74)(H,75,76)(H,77,78)(H2,52,53,79);/t35?,36?,38-,39-;/m0./s1. The van der Waals surface area contributed by atoms with Crippen LogP contribution in [0.25, 0.3) is 0 Å². The van der Waals surface area contributed by atoms with Crippen LogP contribution in [0.1, 0.15) is 99.8 Å². The van der Waals surface area contributed by atoms with Gasteiger partial charge in [-0.3, -0.25) is 53.2 Å². The maximum absolute atomic E-state index is 12.9. The number of aromatic nitrogens is 3. The third kappa shape index (κ3) is 26.4. The van der Waals surface area contributed by atoms with E-state index in [1.807, 2.05) is 29.6 Å². The Hall–Kier alpha value is -6.20. The summed E-state index contributed by atoms with van der Waals surface area (Å²) in [7, 11) is 0. The van der Waals surface area contributed by atoms with Crippen LogP contribution in [0, 0.1) is 42.8 Å². The van der Waals surface area contributed by atoms with Crippen LogP contribution < -0.4 is 15.5 Å². The Morgan fingerprint density at radius 2 is 1.04 bits per heavy atom. The summed E-state index contributed by atoms with van der Waals surface area (Å²) < 4.78 is 0. The Labute approximate surface area is 491 Å². The topological polar surface area (TPSA) is 411 Å². The van der Waals surface area contributed by atoms with Crippen molar-refractivity contribution in [2.24, 2.45) is 5.92 Å². The summed E-state index contributed by atoms with van der Waals surface area (Å²) in [4.78, 5) is 143. The Kier molecular flexibility index (Phi) is 30.2. The maximum atomic E-state index is 12.9. The number of nitrogens with one attached hydrogen (secondary N) is 2. The van der Waals surface area contributed by atoms with Crippen molar-refractivity contribution in [2.45, 2.75) is 114 Å². The van der Waals surface area contributed by atoms with Gasteiger partial charge in [-0.25, -0.2) is 19.4 Å². The van der Waals surface area contributed by atoms with Gasteiger partial charge in [0.1, 0.15) is 29.5 Å². The molecule has 28 nitrogen and oxygen atoms in total. The molecule has 2 aromatic rings. The van der Waals surface area contributed by atoms with Crippen LogP contribution >= 0.6 is 0 Å². The molecule has 2 fully saturated rings. The van der Waals surface area contributed by atoms with Gasteiger partial charge in [0, 0.05) is 134 Å². The summed E-state index contributed by atoms with van der Waals surface area (Å²) >= 11 is 0. The molecule has 0 bridgehead atoms. The van der Waals surface area contributed by atoms with Crippen LogP contribution in [0.4, 0.5) is 10.7 Å². The van der Waals surface area contributed by atoms with Gasteiger partial charge < -0.3 is 56.4 Å². The van der Waals surface area contributed by atoms with Crippen LogP contribution in [0.15, 0.2) is 24.3 Å². The summed E-state index contributed by atoms with van der Waals surface area (Å²) in [6.45, 7) is 1.21. The van der Waals surface area contributed by atoms with Gasteiger partial charge >= 0.3 is 53.8 Å². The van der Waals surface area contributed by atoms with Crippen molar-refractivity contribution in [3.63, 3.8) is 0 Å². The fraction of sp³-hybridized carbons (Fsp3) is 0.627. The second-order valence-electron chi connectivity index (χ2n) is 19.9. The van der Waals surface area contributed by atoms with Gasteiger partial charge in [0.25, 0.3) is 0 Å². The smallest absolute Gasteiger partial charge is 0.326 e. The number of carboxylic acids is 8. The van der Waals surface area contributed by atoms with Crippen molar-refractivity contribution in [3.8, 4) is 0 Å². The number of rotatable bonds is 32. The van der Waals surface area contributed by atoms with Crippen LogP contribution in [0.5, 0.6) is 0 Å². The van der Waals surface area contributed by atoms with Gasteiger partial charge in [-0.2, -0.15) is 9.97 Å². The first-order valence-corrected chi connectivity index (χ1v) is 26.4. The Balaban J connectivity index is 0.0000168. The van der Waals surface area contributed by atoms with E-state index in [2.05, 4.69) is 10.2 Å². The summed E-state index contributed by atoms with van der Waals surface area (Å²) in [5.41, 5.74) is 1.67. The predicted octanol–water partition coefficient (Wildman–Crippen LogP) is 0.537. The third-order valence-electron chi connectivity index (χ3n) is 13.6. The fourth-order valence-corrected chi connectivity index (χ4v) is 9.47. The number of unbranched alkanes of at least 4 members (excludes halogenated alkanes) is 2. The average molecular weight is 1290 g/mol.